The zero-order valence-corrected chi connectivity index (χ0v) is 13.6. The molecule has 23 heavy (non-hydrogen) atoms. The SMILES string of the molecule is COc1ccccc1C(NC(=O)C1CNC1)c1ccccc1Cl. The molecule has 1 heterocycles. The normalized spacial score (nSPS) is 15.6. The van der Waals surface area contributed by atoms with Crippen molar-refractivity contribution in [2.45, 2.75) is 6.04 Å². The lowest BCUT2D eigenvalue weighted by Crippen LogP contribution is -2.51. The smallest absolute Gasteiger partial charge is 0.226 e. The van der Waals surface area contributed by atoms with E-state index in [1.807, 2.05) is 48.5 Å². The third-order valence-corrected chi connectivity index (χ3v) is 4.45. The number of ether oxygens (including phenoxy) is 1. The van der Waals surface area contributed by atoms with Gasteiger partial charge in [-0.05, 0) is 17.7 Å². The lowest BCUT2D eigenvalue weighted by Gasteiger charge is -2.29. The van der Waals surface area contributed by atoms with Gasteiger partial charge in [-0.15, -0.1) is 0 Å². The van der Waals surface area contributed by atoms with Crippen molar-refractivity contribution < 1.29 is 9.53 Å². The molecule has 2 aromatic rings. The average Bonchev–Trinajstić information content (AvgIpc) is 2.52. The number of carbonyl (C=O) groups excluding carboxylic acids is 1. The maximum absolute atomic E-state index is 12.5. The number of hydrogen-bond donors (Lipinski definition) is 2. The standard InChI is InChI=1S/C18H19ClN2O2/c1-23-16-9-5-3-7-14(16)17(13-6-2-4-8-15(13)19)21-18(22)12-10-20-11-12/h2-9,12,17,20H,10-11H2,1H3,(H,21,22). The monoisotopic (exact) mass is 330 g/mol. The van der Waals surface area contributed by atoms with Crippen LogP contribution in [0.25, 0.3) is 0 Å². The number of nitrogens with one attached hydrogen (secondary N) is 2. The highest BCUT2D eigenvalue weighted by Gasteiger charge is 2.29. The van der Waals surface area contributed by atoms with Crippen molar-refractivity contribution in [3.8, 4) is 5.75 Å². The van der Waals surface area contributed by atoms with Gasteiger partial charge in [0.25, 0.3) is 0 Å². The lowest BCUT2D eigenvalue weighted by atomic mass is 9.95. The number of methoxy groups -OCH3 is 1. The summed E-state index contributed by atoms with van der Waals surface area (Å²) < 4.78 is 5.46. The number of para-hydroxylation sites is 1. The highest BCUT2D eigenvalue weighted by atomic mass is 35.5. The Hall–Kier alpha value is -2.04. The molecule has 1 unspecified atom stereocenters. The predicted molar refractivity (Wildman–Crippen MR) is 90.8 cm³/mol. The topological polar surface area (TPSA) is 50.4 Å². The Bertz CT molecular complexity index is 701. The van der Waals surface area contributed by atoms with Crippen LogP contribution < -0.4 is 15.4 Å². The molecule has 4 nitrogen and oxygen atoms in total. The average molecular weight is 331 g/mol. The van der Waals surface area contributed by atoms with E-state index in [2.05, 4.69) is 10.6 Å². The highest BCUT2D eigenvalue weighted by molar-refractivity contribution is 6.31. The Labute approximate surface area is 140 Å². The number of benzene rings is 2. The molecule has 0 saturated carbocycles. The molecule has 1 aliphatic rings. The number of hydrogen-bond acceptors (Lipinski definition) is 3. The van der Waals surface area contributed by atoms with Crippen molar-refractivity contribution in [1.29, 1.82) is 0 Å². The molecule has 0 aromatic heterocycles. The summed E-state index contributed by atoms with van der Waals surface area (Å²) in [5.41, 5.74) is 1.75. The molecule has 1 saturated heterocycles. The van der Waals surface area contributed by atoms with Crippen molar-refractivity contribution in [2.24, 2.45) is 5.92 Å². The van der Waals surface area contributed by atoms with Crippen molar-refractivity contribution in [3.05, 3.63) is 64.7 Å². The molecular weight excluding hydrogens is 312 g/mol. The second-order valence-corrected chi connectivity index (χ2v) is 5.97. The molecule has 0 aliphatic carbocycles. The Morgan fingerprint density at radius 3 is 2.43 bits per heavy atom. The van der Waals surface area contributed by atoms with E-state index < -0.39 is 0 Å². The number of halogens is 1. The molecule has 1 amide bonds. The first-order valence-electron chi connectivity index (χ1n) is 7.59. The third-order valence-electron chi connectivity index (χ3n) is 4.11. The second kappa shape index (κ2) is 7.02. The summed E-state index contributed by atoms with van der Waals surface area (Å²) in [5, 5.41) is 6.86. The quantitative estimate of drug-likeness (QED) is 0.886. The van der Waals surface area contributed by atoms with Crippen LogP contribution in [-0.4, -0.2) is 26.1 Å². The first kappa shape index (κ1) is 15.8. The minimum absolute atomic E-state index is 0.00898. The van der Waals surface area contributed by atoms with E-state index in [0.29, 0.717) is 18.1 Å². The summed E-state index contributed by atoms with van der Waals surface area (Å²) in [6.07, 6.45) is 0. The van der Waals surface area contributed by atoms with Gasteiger partial charge in [0, 0.05) is 23.7 Å². The lowest BCUT2D eigenvalue weighted by molar-refractivity contribution is -0.126. The van der Waals surface area contributed by atoms with Crippen molar-refractivity contribution >= 4 is 17.5 Å². The molecule has 2 N–H and O–H groups in total. The van der Waals surface area contributed by atoms with Crippen molar-refractivity contribution in [2.75, 3.05) is 20.2 Å². The molecule has 5 heteroatoms. The van der Waals surface area contributed by atoms with Crippen LogP contribution in [0.4, 0.5) is 0 Å². The Morgan fingerprint density at radius 1 is 1.17 bits per heavy atom. The van der Waals surface area contributed by atoms with E-state index in [4.69, 9.17) is 16.3 Å². The van der Waals surface area contributed by atoms with Crippen LogP contribution in [0.5, 0.6) is 5.75 Å². The van der Waals surface area contributed by atoms with E-state index in [9.17, 15) is 4.79 Å². The van der Waals surface area contributed by atoms with Gasteiger partial charge in [0.1, 0.15) is 5.75 Å². The fourth-order valence-electron chi connectivity index (χ4n) is 2.67. The second-order valence-electron chi connectivity index (χ2n) is 5.56. The summed E-state index contributed by atoms with van der Waals surface area (Å²) in [7, 11) is 1.63. The summed E-state index contributed by atoms with van der Waals surface area (Å²) in [6, 6.07) is 14.9. The van der Waals surface area contributed by atoms with Gasteiger partial charge in [0.05, 0.1) is 19.1 Å². The summed E-state index contributed by atoms with van der Waals surface area (Å²) in [6.45, 7) is 1.43. The predicted octanol–water partition coefficient (Wildman–Crippen LogP) is 2.77. The molecular formula is C18H19ClN2O2. The van der Waals surface area contributed by atoms with Crippen molar-refractivity contribution in [3.63, 3.8) is 0 Å². The van der Waals surface area contributed by atoms with Gasteiger partial charge in [0.15, 0.2) is 0 Å². The van der Waals surface area contributed by atoms with E-state index in [1.165, 1.54) is 0 Å². The summed E-state index contributed by atoms with van der Waals surface area (Å²) in [4.78, 5) is 12.5. The van der Waals surface area contributed by atoms with Crippen LogP contribution in [0.15, 0.2) is 48.5 Å². The number of amides is 1. The molecule has 1 fully saturated rings. The van der Waals surface area contributed by atoms with Crippen LogP contribution in [0.2, 0.25) is 5.02 Å². The van der Waals surface area contributed by atoms with Crippen LogP contribution in [-0.2, 0) is 4.79 Å². The minimum atomic E-state index is -0.340. The zero-order chi connectivity index (χ0) is 16.2. The number of carbonyl (C=O) groups is 1. The molecule has 120 valence electrons. The molecule has 0 radical (unpaired) electrons. The first-order chi connectivity index (χ1) is 11.2. The zero-order valence-electron chi connectivity index (χ0n) is 12.9. The molecule has 1 atom stereocenters. The molecule has 1 aliphatic heterocycles. The minimum Gasteiger partial charge on any atom is -0.496 e. The molecule has 0 spiro atoms. The van der Waals surface area contributed by atoms with Gasteiger partial charge in [-0.3, -0.25) is 4.79 Å². The maximum atomic E-state index is 12.5. The molecule has 2 aromatic carbocycles. The van der Waals surface area contributed by atoms with Gasteiger partial charge in [-0.25, -0.2) is 0 Å². The van der Waals surface area contributed by atoms with Gasteiger partial charge >= 0.3 is 0 Å². The van der Waals surface area contributed by atoms with Crippen LogP contribution in [0.1, 0.15) is 17.2 Å². The third kappa shape index (κ3) is 3.33. The fourth-order valence-corrected chi connectivity index (χ4v) is 2.92. The summed E-state index contributed by atoms with van der Waals surface area (Å²) >= 11 is 6.37. The highest BCUT2D eigenvalue weighted by Crippen LogP contribution is 2.33. The molecule has 3 rings (SSSR count). The van der Waals surface area contributed by atoms with Gasteiger partial charge < -0.3 is 15.4 Å². The van der Waals surface area contributed by atoms with Gasteiger partial charge in [-0.2, -0.15) is 0 Å². The van der Waals surface area contributed by atoms with E-state index >= 15 is 0 Å². The van der Waals surface area contributed by atoms with E-state index in [-0.39, 0.29) is 17.9 Å². The van der Waals surface area contributed by atoms with Gasteiger partial charge in [-0.1, -0.05) is 48.0 Å². The molecule has 0 bridgehead atoms. The van der Waals surface area contributed by atoms with Crippen LogP contribution in [0, 0.1) is 5.92 Å². The van der Waals surface area contributed by atoms with Crippen LogP contribution in [0.3, 0.4) is 0 Å². The summed E-state index contributed by atoms with van der Waals surface area (Å²) in [5.74, 6) is 0.763. The first-order valence-corrected chi connectivity index (χ1v) is 7.97. The van der Waals surface area contributed by atoms with Gasteiger partial charge in [0.2, 0.25) is 5.91 Å². The number of rotatable bonds is 5. The van der Waals surface area contributed by atoms with Crippen LogP contribution >= 0.6 is 11.6 Å². The fraction of sp³-hybridized carbons (Fsp3) is 0.278. The van der Waals surface area contributed by atoms with E-state index in [1.54, 1.807) is 7.11 Å². The Balaban J connectivity index is 1.99. The van der Waals surface area contributed by atoms with E-state index in [0.717, 1.165) is 16.9 Å². The maximum Gasteiger partial charge on any atom is 0.226 e. The van der Waals surface area contributed by atoms with Crippen molar-refractivity contribution in [1.82, 2.24) is 10.6 Å². The Morgan fingerprint density at radius 2 is 1.83 bits per heavy atom. The largest absolute Gasteiger partial charge is 0.496 e. The Kier molecular flexibility index (Phi) is 4.84.